The summed E-state index contributed by atoms with van der Waals surface area (Å²) in [7, 11) is 4.29. The average Bonchev–Trinajstić information content (AvgIpc) is 2.28. The van der Waals surface area contributed by atoms with Gasteiger partial charge in [-0.2, -0.15) is 0 Å². The second kappa shape index (κ2) is 7.56. The molecule has 1 rings (SSSR count). The molecule has 0 spiro atoms. The van der Waals surface area contributed by atoms with Crippen LogP contribution in [0.5, 0.6) is 0 Å². The number of aryl methyl sites for hydroxylation is 1. The van der Waals surface area contributed by atoms with Gasteiger partial charge < -0.3 is 15.5 Å². The van der Waals surface area contributed by atoms with Crippen molar-refractivity contribution in [1.82, 2.24) is 5.32 Å². The summed E-state index contributed by atoms with van der Waals surface area (Å²) in [5.41, 5.74) is 2.08. The van der Waals surface area contributed by atoms with Gasteiger partial charge in [0.25, 0.3) is 0 Å². The lowest BCUT2D eigenvalue weighted by atomic mass is 10.2. The molecule has 0 saturated heterocycles. The summed E-state index contributed by atoms with van der Waals surface area (Å²) in [6.07, 6.45) is 1.10. The molecule has 0 aliphatic rings. The van der Waals surface area contributed by atoms with Gasteiger partial charge in [-0.25, -0.2) is 0 Å². The van der Waals surface area contributed by atoms with Crippen molar-refractivity contribution in [2.75, 3.05) is 32.5 Å². The fourth-order valence-corrected chi connectivity index (χ4v) is 2.02. The monoisotopic (exact) mass is 286 g/mol. The number of halogens is 1. The largest absolute Gasteiger partial charge is 0.362 e. The van der Waals surface area contributed by atoms with Crippen molar-refractivity contribution >= 4 is 34.6 Å². The molecule has 3 nitrogen and oxygen atoms in total. The van der Waals surface area contributed by atoms with Crippen molar-refractivity contribution in [2.45, 2.75) is 13.3 Å². The van der Waals surface area contributed by atoms with Crippen LogP contribution < -0.4 is 15.5 Å². The molecule has 0 aliphatic heterocycles. The van der Waals surface area contributed by atoms with E-state index in [1.165, 1.54) is 4.90 Å². The molecule has 1 aromatic rings. The highest BCUT2D eigenvalue weighted by Crippen LogP contribution is 2.19. The first-order chi connectivity index (χ1) is 8.49. The molecule has 0 atom stereocenters. The average molecular weight is 287 g/mol. The van der Waals surface area contributed by atoms with Gasteiger partial charge in [0.2, 0.25) is 0 Å². The van der Waals surface area contributed by atoms with Gasteiger partial charge in [0, 0.05) is 23.7 Å². The molecular weight excluding hydrogens is 266 g/mol. The van der Waals surface area contributed by atoms with Crippen LogP contribution in [0.2, 0.25) is 5.02 Å². The number of hydrogen-bond donors (Lipinski definition) is 3. The van der Waals surface area contributed by atoms with Crippen LogP contribution in [-0.2, 0) is 0 Å². The third-order valence-corrected chi connectivity index (χ3v) is 3.06. The summed E-state index contributed by atoms with van der Waals surface area (Å²) in [5, 5.41) is 7.79. The van der Waals surface area contributed by atoms with Crippen molar-refractivity contribution in [3.05, 3.63) is 28.8 Å². The summed E-state index contributed by atoms with van der Waals surface area (Å²) < 4.78 is 0. The topological polar surface area (TPSA) is 28.5 Å². The van der Waals surface area contributed by atoms with Crippen molar-refractivity contribution in [2.24, 2.45) is 0 Å². The molecule has 0 bridgehead atoms. The third-order valence-electron chi connectivity index (χ3n) is 2.58. The number of anilines is 1. The van der Waals surface area contributed by atoms with E-state index in [0.717, 1.165) is 35.8 Å². The van der Waals surface area contributed by atoms with Crippen LogP contribution in [0.15, 0.2) is 18.2 Å². The number of hydrogen-bond acceptors (Lipinski definition) is 1. The molecule has 0 unspecified atom stereocenters. The minimum atomic E-state index is 0.661. The lowest BCUT2D eigenvalue weighted by Crippen LogP contribution is -3.05. The highest BCUT2D eigenvalue weighted by atomic mass is 35.5. The zero-order valence-corrected chi connectivity index (χ0v) is 12.7. The van der Waals surface area contributed by atoms with Crippen molar-refractivity contribution < 1.29 is 4.90 Å². The molecule has 0 radical (unpaired) electrons. The molecule has 0 heterocycles. The maximum atomic E-state index is 5.91. The number of quaternary nitrogens is 1. The summed E-state index contributed by atoms with van der Waals surface area (Å²) in [5.74, 6) is 0. The van der Waals surface area contributed by atoms with E-state index >= 15 is 0 Å². The van der Waals surface area contributed by atoms with E-state index in [1.54, 1.807) is 0 Å². The van der Waals surface area contributed by atoms with Crippen LogP contribution >= 0.6 is 23.8 Å². The maximum Gasteiger partial charge on any atom is 0.170 e. The van der Waals surface area contributed by atoms with E-state index in [4.69, 9.17) is 23.8 Å². The Bertz CT molecular complexity index is 407. The van der Waals surface area contributed by atoms with Gasteiger partial charge in [0.15, 0.2) is 5.11 Å². The number of rotatable bonds is 5. The number of benzene rings is 1. The molecule has 0 aromatic heterocycles. The predicted molar refractivity (Wildman–Crippen MR) is 82.7 cm³/mol. The van der Waals surface area contributed by atoms with Gasteiger partial charge in [-0.05, 0) is 42.9 Å². The molecule has 0 amide bonds. The van der Waals surface area contributed by atoms with E-state index in [0.29, 0.717) is 5.11 Å². The summed E-state index contributed by atoms with van der Waals surface area (Å²) in [6.45, 7) is 4.03. The van der Waals surface area contributed by atoms with E-state index in [2.05, 4.69) is 24.7 Å². The van der Waals surface area contributed by atoms with Crippen LogP contribution in [0.25, 0.3) is 0 Å². The van der Waals surface area contributed by atoms with Gasteiger partial charge >= 0.3 is 0 Å². The standard InChI is InChI=1S/C13H20ClN3S/c1-10-9-11(14)5-6-12(10)16-13(18)15-7-4-8-17(2)3/h5-6,9H,4,7-8H2,1-3H3,(H2,15,16,18)/p+1. The van der Waals surface area contributed by atoms with Gasteiger partial charge in [-0.3, -0.25) is 0 Å². The molecule has 3 N–H and O–H groups in total. The van der Waals surface area contributed by atoms with Crippen LogP contribution in [0.1, 0.15) is 12.0 Å². The Hall–Kier alpha value is -0.840. The fraction of sp³-hybridized carbons (Fsp3) is 0.462. The molecular formula is C13H21ClN3S+. The van der Waals surface area contributed by atoms with E-state index in [1.807, 2.05) is 25.1 Å². The van der Waals surface area contributed by atoms with Gasteiger partial charge in [-0.1, -0.05) is 11.6 Å². The maximum absolute atomic E-state index is 5.91. The quantitative estimate of drug-likeness (QED) is 0.566. The first-order valence-electron chi connectivity index (χ1n) is 6.09. The van der Waals surface area contributed by atoms with Crippen LogP contribution in [0, 0.1) is 6.92 Å². The molecule has 0 aliphatic carbocycles. The number of nitrogens with one attached hydrogen (secondary N) is 3. The van der Waals surface area contributed by atoms with Gasteiger partial charge in [0.1, 0.15) is 0 Å². The van der Waals surface area contributed by atoms with Crippen molar-refractivity contribution in [1.29, 1.82) is 0 Å². The zero-order chi connectivity index (χ0) is 13.5. The zero-order valence-electron chi connectivity index (χ0n) is 11.1. The fourth-order valence-electron chi connectivity index (χ4n) is 1.58. The molecule has 1 aromatic carbocycles. The Morgan fingerprint density at radius 1 is 1.39 bits per heavy atom. The first-order valence-corrected chi connectivity index (χ1v) is 6.87. The highest BCUT2D eigenvalue weighted by Gasteiger charge is 2.02. The minimum absolute atomic E-state index is 0.661. The number of thiocarbonyl (C=S) groups is 1. The molecule has 5 heteroatoms. The first kappa shape index (κ1) is 15.2. The lowest BCUT2D eigenvalue weighted by molar-refractivity contribution is -0.858. The van der Waals surface area contributed by atoms with Crippen LogP contribution in [0.3, 0.4) is 0 Å². The predicted octanol–water partition coefficient (Wildman–Crippen LogP) is 1.47. The second-order valence-corrected chi connectivity index (χ2v) is 5.50. The van der Waals surface area contributed by atoms with E-state index in [-0.39, 0.29) is 0 Å². The Kier molecular flexibility index (Phi) is 6.39. The second-order valence-electron chi connectivity index (χ2n) is 4.65. The Morgan fingerprint density at radius 3 is 2.72 bits per heavy atom. The smallest absolute Gasteiger partial charge is 0.170 e. The van der Waals surface area contributed by atoms with Crippen LogP contribution in [0.4, 0.5) is 5.69 Å². The summed E-state index contributed by atoms with van der Waals surface area (Å²) in [4.78, 5) is 1.45. The van der Waals surface area contributed by atoms with Crippen molar-refractivity contribution in [3.8, 4) is 0 Å². The molecule has 18 heavy (non-hydrogen) atoms. The van der Waals surface area contributed by atoms with E-state index < -0.39 is 0 Å². The Balaban J connectivity index is 2.35. The van der Waals surface area contributed by atoms with Crippen molar-refractivity contribution in [3.63, 3.8) is 0 Å². The minimum Gasteiger partial charge on any atom is -0.362 e. The van der Waals surface area contributed by atoms with Gasteiger partial charge in [0.05, 0.1) is 20.6 Å². The van der Waals surface area contributed by atoms with Gasteiger partial charge in [-0.15, -0.1) is 0 Å². The summed E-state index contributed by atoms with van der Waals surface area (Å²) in [6, 6.07) is 5.71. The highest BCUT2D eigenvalue weighted by molar-refractivity contribution is 7.80. The van der Waals surface area contributed by atoms with E-state index in [9.17, 15) is 0 Å². The Labute approximate surface area is 120 Å². The summed E-state index contributed by atoms with van der Waals surface area (Å²) >= 11 is 11.2. The lowest BCUT2D eigenvalue weighted by Gasteiger charge is -2.13. The normalized spacial score (nSPS) is 10.5. The third kappa shape index (κ3) is 5.67. The SMILES string of the molecule is Cc1cc(Cl)ccc1NC(=S)NCCC[NH+](C)C. The molecule has 100 valence electrons. The Morgan fingerprint density at radius 2 is 2.11 bits per heavy atom. The molecule has 0 saturated carbocycles. The molecule has 0 fully saturated rings. The van der Waals surface area contributed by atoms with Crippen LogP contribution in [-0.4, -0.2) is 32.3 Å².